The number of nitrogens with zero attached hydrogens (tertiary/aromatic N) is 3. The molecule has 0 aliphatic carbocycles. The molecule has 0 saturated carbocycles. The minimum absolute atomic E-state index is 0.188. The van der Waals surface area contributed by atoms with E-state index in [9.17, 15) is 4.79 Å². The van der Waals surface area contributed by atoms with Crippen LogP contribution < -0.4 is 5.32 Å². The third-order valence-corrected chi connectivity index (χ3v) is 6.07. The normalized spacial score (nSPS) is 10.8. The van der Waals surface area contributed by atoms with E-state index in [0.29, 0.717) is 28.0 Å². The Kier molecular flexibility index (Phi) is 6.92. The summed E-state index contributed by atoms with van der Waals surface area (Å²) in [6.07, 6.45) is 0.805. The van der Waals surface area contributed by atoms with E-state index >= 15 is 0 Å². The minimum atomic E-state index is -0.276. The fourth-order valence-corrected chi connectivity index (χ4v) is 4.38. The largest absolute Gasteiger partial charge is 0.321 e. The van der Waals surface area contributed by atoms with Crippen molar-refractivity contribution in [3.05, 3.63) is 100 Å². The maximum Gasteiger partial charge on any atom is 0.257 e. The van der Waals surface area contributed by atoms with Gasteiger partial charge in [0.15, 0.2) is 5.16 Å². The van der Waals surface area contributed by atoms with Crippen LogP contribution in [0.4, 0.5) is 5.69 Å². The van der Waals surface area contributed by atoms with Crippen LogP contribution in [-0.2, 0) is 13.0 Å². The summed E-state index contributed by atoms with van der Waals surface area (Å²) >= 11 is 13.7. The lowest BCUT2D eigenvalue weighted by molar-refractivity contribution is 0.102. The standard InChI is InChI=1S/C23H18Cl2N4OS/c24-18-11-5-4-10-17(18)21(30)26-19-12-6-7-13-20(19)31-23-27-22(25)28-29(23)15-14-16-8-2-1-3-9-16/h1-13H,14-15H2,(H,26,30). The Morgan fingerprint density at radius 3 is 2.45 bits per heavy atom. The number of hydrogen-bond acceptors (Lipinski definition) is 4. The van der Waals surface area contributed by atoms with Gasteiger partial charge in [0.25, 0.3) is 5.91 Å². The van der Waals surface area contributed by atoms with Crippen LogP contribution in [0.1, 0.15) is 15.9 Å². The molecule has 156 valence electrons. The van der Waals surface area contributed by atoms with E-state index in [1.54, 1.807) is 28.9 Å². The highest BCUT2D eigenvalue weighted by atomic mass is 35.5. The van der Waals surface area contributed by atoms with Crippen molar-refractivity contribution < 1.29 is 4.79 Å². The van der Waals surface area contributed by atoms with Gasteiger partial charge in [0, 0.05) is 11.4 Å². The van der Waals surface area contributed by atoms with E-state index < -0.39 is 0 Å². The molecule has 1 amide bonds. The van der Waals surface area contributed by atoms with Crippen LogP contribution in [-0.4, -0.2) is 20.7 Å². The van der Waals surface area contributed by atoms with Gasteiger partial charge < -0.3 is 5.32 Å². The molecular formula is C23H18Cl2N4OS. The average molecular weight is 469 g/mol. The van der Waals surface area contributed by atoms with Gasteiger partial charge in [-0.05, 0) is 59.6 Å². The summed E-state index contributed by atoms with van der Waals surface area (Å²) in [6, 6.07) is 24.6. The number of halogens is 2. The van der Waals surface area contributed by atoms with Crippen LogP contribution in [0.5, 0.6) is 0 Å². The van der Waals surface area contributed by atoms with Gasteiger partial charge in [-0.1, -0.05) is 66.2 Å². The van der Waals surface area contributed by atoms with Crippen LogP contribution in [0.2, 0.25) is 10.3 Å². The van der Waals surface area contributed by atoms with Gasteiger partial charge in [0.2, 0.25) is 5.28 Å². The first kappa shape index (κ1) is 21.4. The zero-order valence-corrected chi connectivity index (χ0v) is 18.7. The molecule has 4 aromatic rings. The van der Waals surface area contributed by atoms with Crippen LogP contribution in [0.25, 0.3) is 0 Å². The van der Waals surface area contributed by atoms with Crippen molar-refractivity contribution in [3.63, 3.8) is 0 Å². The number of carbonyl (C=O) groups excluding carboxylic acids is 1. The average Bonchev–Trinajstić information content (AvgIpc) is 3.13. The SMILES string of the molecule is O=C(Nc1ccccc1Sc1nc(Cl)nn1CCc1ccccc1)c1ccccc1Cl. The van der Waals surface area contributed by atoms with Crippen LogP contribution in [0.15, 0.2) is 88.9 Å². The number of amides is 1. The van der Waals surface area contributed by atoms with Gasteiger partial charge in [-0.15, -0.1) is 5.10 Å². The van der Waals surface area contributed by atoms with Crippen molar-refractivity contribution in [2.24, 2.45) is 0 Å². The molecule has 1 N–H and O–H groups in total. The summed E-state index contributed by atoms with van der Waals surface area (Å²) in [5.74, 6) is -0.276. The first-order valence-electron chi connectivity index (χ1n) is 9.57. The molecule has 0 aliphatic heterocycles. The summed E-state index contributed by atoms with van der Waals surface area (Å²) in [7, 11) is 0. The predicted molar refractivity (Wildman–Crippen MR) is 125 cm³/mol. The molecule has 8 heteroatoms. The molecule has 0 radical (unpaired) electrons. The summed E-state index contributed by atoms with van der Waals surface area (Å²) in [4.78, 5) is 17.9. The molecule has 4 rings (SSSR count). The second-order valence-corrected chi connectivity index (χ2v) is 8.41. The molecule has 0 atom stereocenters. The summed E-state index contributed by atoms with van der Waals surface area (Å²) in [5, 5.41) is 8.50. The first-order chi connectivity index (χ1) is 15.1. The Labute approximate surface area is 194 Å². The molecule has 0 spiro atoms. The van der Waals surface area contributed by atoms with Crippen molar-refractivity contribution in [2.75, 3.05) is 5.32 Å². The number of para-hydroxylation sites is 1. The van der Waals surface area contributed by atoms with Crippen LogP contribution >= 0.6 is 35.0 Å². The zero-order chi connectivity index (χ0) is 21.6. The smallest absolute Gasteiger partial charge is 0.257 e. The van der Waals surface area contributed by atoms with E-state index in [0.717, 1.165) is 11.3 Å². The van der Waals surface area contributed by atoms with Crippen molar-refractivity contribution in [1.29, 1.82) is 0 Å². The Morgan fingerprint density at radius 1 is 0.935 bits per heavy atom. The number of nitrogens with one attached hydrogen (secondary N) is 1. The number of anilines is 1. The van der Waals surface area contributed by atoms with Gasteiger partial charge in [0.05, 0.1) is 16.3 Å². The Balaban J connectivity index is 1.53. The molecule has 1 heterocycles. The van der Waals surface area contributed by atoms with Crippen LogP contribution in [0.3, 0.4) is 0 Å². The summed E-state index contributed by atoms with van der Waals surface area (Å²) in [5.41, 5.74) is 2.28. The molecule has 3 aromatic carbocycles. The van der Waals surface area contributed by atoms with Gasteiger partial charge in [-0.2, -0.15) is 4.98 Å². The number of aryl methyl sites for hydroxylation is 2. The molecule has 0 unspecified atom stereocenters. The fourth-order valence-electron chi connectivity index (χ4n) is 2.99. The van der Waals surface area contributed by atoms with Crippen molar-refractivity contribution >= 4 is 46.6 Å². The molecular weight excluding hydrogens is 451 g/mol. The second kappa shape index (κ2) is 10.0. The maximum atomic E-state index is 12.7. The number of benzene rings is 3. The molecule has 5 nitrogen and oxygen atoms in total. The zero-order valence-electron chi connectivity index (χ0n) is 16.3. The fraction of sp³-hybridized carbons (Fsp3) is 0.0870. The molecule has 0 aliphatic rings. The lowest BCUT2D eigenvalue weighted by Crippen LogP contribution is -2.13. The van der Waals surface area contributed by atoms with Crippen molar-refractivity contribution in [3.8, 4) is 0 Å². The molecule has 1 aromatic heterocycles. The first-order valence-corrected chi connectivity index (χ1v) is 11.1. The molecule has 0 fully saturated rings. The monoisotopic (exact) mass is 468 g/mol. The highest BCUT2D eigenvalue weighted by molar-refractivity contribution is 7.99. The van der Waals surface area contributed by atoms with Crippen molar-refractivity contribution in [1.82, 2.24) is 14.8 Å². The Bertz CT molecular complexity index is 1200. The van der Waals surface area contributed by atoms with Gasteiger partial charge in [0.1, 0.15) is 0 Å². The highest BCUT2D eigenvalue weighted by Crippen LogP contribution is 2.33. The third kappa shape index (κ3) is 5.47. The molecule has 31 heavy (non-hydrogen) atoms. The predicted octanol–water partition coefficient (Wildman–Crippen LogP) is 6.23. The van der Waals surface area contributed by atoms with Gasteiger partial charge in [-0.25, -0.2) is 4.68 Å². The number of hydrogen-bond donors (Lipinski definition) is 1. The lowest BCUT2D eigenvalue weighted by atomic mass is 10.2. The van der Waals surface area contributed by atoms with E-state index in [2.05, 4.69) is 27.5 Å². The minimum Gasteiger partial charge on any atom is -0.321 e. The van der Waals surface area contributed by atoms with E-state index in [1.165, 1.54) is 17.3 Å². The highest BCUT2D eigenvalue weighted by Gasteiger charge is 2.16. The third-order valence-electron chi connectivity index (χ3n) is 4.52. The summed E-state index contributed by atoms with van der Waals surface area (Å²) in [6.45, 7) is 0.639. The number of rotatable bonds is 7. The van der Waals surface area contributed by atoms with E-state index in [4.69, 9.17) is 23.2 Å². The second-order valence-electron chi connectivity index (χ2n) is 6.65. The van der Waals surface area contributed by atoms with E-state index in [1.807, 2.05) is 42.5 Å². The van der Waals surface area contributed by atoms with Gasteiger partial charge >= 0.3 is 0 Å². The number of aromatic nitrogens is 3. The Hall–Kier alpha value is -2.80. The Morgan fingerprint density at radius 2 is 1.65 bits per heavy atom. The van der Waals surface area contributed by atoms with Gasteiger partial charge in [-0.3, -0.25) is 4.79 Å². The molecule has 0 saturated heterocycles. The van der Waals surface area contributed by atoms with Crippen LogP contribution in [0, 0.1) is 0 Å². The quantitative estimate of drug-likeness (QED) is 0.349. The van der Waals surface area contributed by atoms with Crippen molar-refractivity contribution in [2.45, 2.75) is 23.0 Å². The number of carbonyl (C=O) groups is 1. The van der Waals surface area contributed by atoms with E-state index in [-0.39, 0.29) is 11.2 Å². The maximum absolute atomic E-state index is 12.7. The summed E-state index contributed by atoms with van der Waals surface area (Å²) < 4.78 is 1.78. The topological polar surface area (TPSA) is 59.8 Å². The molecule has 0 bridgehead atoms. The lowest BCUT2D eigenvalue weighted by Gasteiger charge is -2.12.